The number of esters is 1. The molecule has 8 aromatic carbocycles. The van der Waals surface area contributed by atoms with Gasteiger partial charge in [0.2, 0.25) is 11.6 Å². The number of rotatable bonds is 29. The van der Waals surface area contributed by atoms with Crippen molar-refractivity contribution in [1.29, 1.82) is 0 Å². The number of hydrogen-bond acceptors (Lipinski definition) is 26. The molecule has 0 atom stereocenters. The molecule has 0 spiro atoms. The van der Waals surface area contributed by atoms with E-state index < -0.39 is 35.1 Å². The molecule has 0 fully saturated rings. The predicted octanol–water partition coefficient (Wildman–Crippen LogP) is 14.3. The van der Waals surface area contributed by atoms with Crippen LogP contribution < -0.4 is 63.5 Å². The van der Waals surface area contributed by atoms with Crippen LogP contribution in [-0.2, 0) is 100 Å². The van der Waals surface area contributed by atoms with E-state index in [0.29, 0.717) is 74.7 Å². The molecular formula is C104H102F3N25O14. The number of ether oxygens (including phenoxy) is 4. The van der Waals surface area contributed by atoms with Crippen LogP contribution in [0.4, 0.5) is 30.2 Å². The number of H-pyrrole nitrogens is 6. The van der Waals surface area contributed by atoms with Crippen LogP contribution in [0.5, 0.6) is 17.2 Å². The third-order valence-corrected chi connectivity index (χ3v) is 22.7. The lowest BCUT2D eigenvalue weighted by Gasteiger charge is -2.11. The third-order valence-electron chi connectivity index (χ3n) is 22.7. The Kier molecular flexibility index (Phi) is 32.9. The van der Waals surface area contributed by atoms with Crippen LogP contribution in [-0.4, -0.2) is 130 Å². The van der Waals surface area contributed by atoms with Gasteiger partial charge in [-0.2, -0.15) is 51.2 Å². The van der Waals surface area contributed by atoms with Crippen molar-refractivity contribution in [1.82, 2.24) is 108 Å². The smallest absolute Gasteiger partial charge is 0.451 e. The van der Waals surface area contributed by atoms with Gasteiger partial charge in [-0.3, -0.25) is 64.2 Å². The molecule has 12 heterocycles. The molecule has 748 valence electrons. The number of carboxylic acid groups (broad SMARTS) is 1. The lowest BCUT2D eigenvalue weighted by molar-refractivity contribution is -0.145. The number of fused-ring (bicyclic) bond motifs is 6. The molecule has 0 aliphatic rings. The highest BCUT2D eigenvalue weighted by Gasteiger charge is 2.36. The van der Waals surface area contributed by atoms with Gasteiger partial charge in [0.25, 0.3) is 56.5 Å². The second-order valence-corrected chi connectivity index (χ2v) is 33.0. The minimum absolute atomic E-state index is 0.00479. The average Bonchev–Trinajstić information content (AvgIpc) is 1.63. The number of nitrogens with zero attached hydrogens (tertiary/aromatic N) is 16. The van der Waals surface area contributed by atoms with Gasteiger partial charge in [0.05, 0.1) is 65.2 Å². The molecular weight excluding hydrogens is 1880 g/mol. The second-order valence-electron chi connectivity index (χ2n) is 33.0. The normalized spacial score (nSPS) is 11.1. The number of alkyl halides is 3. The Bertz CT molecular complexity index is 8320. The largest absolute Gasteiger partial charge is 0.487 e. The van der Waals surface area contributed by atoms with Crippen molar-refractivity contribution in [2.45, 2.75) is 146 Å². The number of anilines is 3. The summed E-state index contributed by atoms with van der Waals surface area (Å²) in [5.74, 6) is -0.464. The van der Waals surface area contributed by atoms with Gasteiger partial charge in [-0.05, 0) is 163 Å². The number of aromatic amines is 6. The molecule has 42 heteroatoms. The van der Waals surface area contributed by atoms with E-state index in [4.69, 9.17) is 29.2 Å². The van der Waals surface area contributed by atoms with Crippen LogP contribution in [0.15, 0.2) is 277 Å². The SMILES string of the molecule is CCc1ccc(NCc2cc(=O)n3[nH]c(-c4ccccc4)cc3n2)cc1.CCc1ccc(NCc2cc(=O)n3[nH]c(C(F)(F)F)nc3n2)cc1.CCc1ccc(OCc2cc(=O)n3[nH]c(C(=O)O)nc3n2)cc1.CCc1ccc(OCc2cc(=O)n3[nH]c(CO)nc3n2)cc1.CCc1ccc(OCc2cc(=O)n3[nH]c(COC(C)=O)nc3n2)cc1.Cc1cccc(NCc2cc(=O)n3[nH]c(-c4ccccc4)cc3n2)c1C. The summed E-state index contributed by atoms with van der Waals surface area (Å²) >= 11 is 0. The molecule has 39 nitrogen and oxygen atoms in total. The first-order chi connectivity index (χ1) is 70.5. The van der Waals surface area contributed by atoms with Crippen LogP contribution in [0.2, 0.25) is 0 Å². The highest BCUT2D eigenvalue weighted by Crippen LogP contribution is 2.28. The number of aliphatic hydroxyl groups is 1. The monoisotopic (exact) mass is 1980 g/mol. The van der Waals surface area contributed by atoms with Crippen molar-refractivity contribution in [2.75, 3.05) is 16.0 Å². The van der Waals surface area contributed by atoms with Crippen LogP contribution in [0.3, 0.4) is 0 Å². The molecule has 20 aromatic rings. The molecule has 0 bridgehead atoms. The van der Waals surface area contributed by atoms with Crippen LogP contribution in [0.25, 0.3) is 56.9 Å². The molecule has 0 saturated heterocycles. The molecule has 20 rings (SSSR count). The summed E-state index contributed by atoms with van der Waals surface area (Å²) in [4.78, 5) is 136. The molecule has 11 N–H and O–H groups in total. The average molecular weight is 1980 g/mol. The van der Waals surface area contributed by atoms with E-state index in [1.54, 1.807) is 12.1 Å². The quantitative estimate of drug-likeness (QED) is 0.0194. The van der Waals surface area contributed by atoms with Gasteiger partial charge in [0, 0.05) is 72.5 Å². The first-order valence-electron chi connectivity index (χ1n) is 46.4. The standard InChI is InChI=1S/2C21H20N4O.C17H18N4O4.C15H14F3N5O.C15H14N4O4.C15H16N4O3/c1-14-7-6-10-18(15(14)2)22-13-17-11-21(26)25-20(23-17)12-19(24-25)16-8-4-3-5-9-16;1-2-15-8-10-17(11-9-15)22-14-18-12-21(26)25-20(23-18)13-19(24-25)16-6-4-3-5-7-16;1-3-12-4-6-14(7-5-12)25-9-13-8-16(23)21-17(18-13)19-15(20-21)10-24-11(2)22;1-2-9-3-5-10(6-4-9)19-8-11-7-12(24)23-14(20-11)21-13(22-23)15(16,17)18;1-2-9-3-5-11(6-4-9)23-8-10-7-12(20)19-15(16-10)17-13(18-19)14(21)22;1-2-10-3-5-12(6-4-10)22-9-11-7-14(21)19-15(16-11)17-13(8-20)18-19/h3-12,22,24H,13H2,1-2H3;3-13,22,24H,2,14H2,1H3;4-8H,3,9-10H2,1-2H3,(H,18,19,20);3-7,19H,2,8H2,1H3,(H,20,21,22);3-7H,2,8H2,1H3,(H,21,22)(H,16,17,18);3-7,20H,2,8-9H2,1H3,(H,16,17,18). The van der Waals surface area contributed by atoms with Crippen molar-refractivity contribution >= 4 is 63.4 Å². The number of aryl methyl sites for hydroxylation is 6. The number of carboxylic acids is 1. The van der Waals surface area contributed by atoms with Crippen molar-refractivity contribution in [3.05, 3.63) is 407 Å². The Morgan fingerprint density at radius 1 is 0.363 bits per heavy atom. The summed E-state index contributed by atoms with van der Waals surface area (Å²) in [6, 6.07) is 77.3. The Labute approximate surface area is 827 Å². The van der Waals surface area contributed by atoms with Gasteiger partial charge in [-0.25, -0.2) is 43.7 Å². The van der Waals surface area contributed by atoms with Crippen molar-refractivity contribution < 1.29 is 51.9 Å². The van der Waals surface area contributed by atoms with E-state index in [1.165, 1.54) is 88.2 Å². The zero-order valence-corrected chi connectivity index (χ0v) is 80.4. The Morgan fingerprint density at radius 3 is 1.11 bits per heavy atom. The van der Waals surface area contributed by atoms with Gasteiger partial charge in [0.15, 0.2) is 29.6 Å². The predicted molar refractivity (Wildman–Crippen MR) is 540 cm³/mol. The molecule has 0 amide bonds. The maximum absolute atomic E-state index is 12.6. The van der Waals surface area contributed by atoms with Crippen molar-refractivity contribution in [2.24, 2.45) is 0 Å². The maximum atomic E-state index is 12.6. The highest BCUT2D eigenvalue weighted by molar-refractivity contribution is 5.83. The van der Waals surface area contributed by atoms with E-state index in [9.17, 15) is 51.5 Å². The number of aromatic nitrogens is 22. The molecule has 12 aromatic heterocycles. The number of carbonyl (C=O) groups is 2. The summed E-state index contributed by atoms with van der Waals surface area (Å²) < 4.78 is 66.6. The van der Waals surface area contributed by atoms with E-state index in [1.807, 2.05) is 206 Å². The first-order valence-corrected chi connectivity index (χ1v) is 46.4. The number of aliphatic hydroxyl groups excluding tert-OH is 1. The zero-order valence-electron chi connectivity index (χ0n) is 80.4. The van der Waals surface area contributed by atoms with Crippen LogP contribution >= 0.6 is 0 Å². The van der Waals surface area contributed by atoms with Crippen LogP contribution in [0.1, 0.15) is 143 Å². The lowest BCUT2D eigenvalue weighted by atomic mass is 10.1. The minimum Gasteiger partial charge on any atom is -0.487 e. The number of halogens is 3. The molecule has 146 heavy (non-hydrogen) atoms. The molecule has 0 aliphatic carbocycles. The molecule has 0 aliphatic heterocycles. The van der Waals surface area contributed by atoms with E-state index in [0.717, 1.165) is 87.6 Å². The lowest BCUT2D eigenvalue weighted by Crippen LogP contribution is -2.17. The fourth-order valence-electron chi connectivity index (χ4n) is 14.6. The summed E-state index contributed by atoms with van der Waals surface area (Å²) in [6.45, 7) is 17.2. The molecule has 0 radical (unpaired) electrons. The third kappa shape index (κ3) is 26.6. The van der Waals surface area contributed by atoms with Gasteiger partial charge < -0.3 is 45.1 Å². The summed E-state index contributed by atoms with van der Waals surface area (Å²) in [7, 11) is 0. The summed E-state index contributed by atoms with van der Waals surface area (Å²) in [5.41, 5.74) is 17.6. The molecule has 0 unspecified atom stereocenters. The van der Waals surface area contributed by atoms with Gasteiger partial charge >= 0.3 is 18.1 Å². The molecule has 0 saturated carbocycles. The topological polar surface area (TPSA) is 500 Å². The highest BCUT2D eigenvalue weighted by atomic mass is 19.4. The fraction of sp³-hybridized carbons (Fsp3) is 0.212. The summed E-state index contributed by atoms with van der Waals surface area (Å²) in [6.07, 6.45) is 0.161. The van der Waals surface area contributed by atoms with Crippen LogP contribution in [0, 0.1) is 13.8 Å². The number of carbonyl (C=O) groups excluding carboxylic acids is 1. The van der Waals surface area contributed by atoms with E-state index in [-0.39, 0.29) is 96.6 Å². The number of hydrogen-bond donors (Lipinski definition) is 11. The Hall–Kier alpha value is -18.5. The maximum Gasteiger partial charge on any atom is 0.451 e. The Morgan fingerprint density at radius 2 is 0.712 bits per heavy atom. The van der Waals surface area contributed by atoms with E-state index >= 15 is 0 Å². The number of nitrogens with one attached hydrogen (secondary N) is 9. The second kappa shape index (κ2) is 47.2. The zero-order chi connectivity index (χ0) is 103. The van der Waals surface area contributed by atoms with Crippen molar-refractivity contribution in [3.63, 3.8) is 0 Å². The van der Waals surface area contributed by atoms with Crippen molar-refractivity contribution in [3.8, 4) is 39.8 Å². The minimum atomic E-state index is -4.67. The summed E-state index contributed by atoms with van der Waals surface area (Å²) in [5, 5.41) is 43.6. The first kappa shape index (κ1) is 102. The Balaban J connectivity index is 0.000000132. The van der Waals surface area contributed by atoms with E-state index in [2.05, 4.69) is 151 Å². The number of aromatic carboxylic acids is 1. The van der Waals surface area contributed by atoms with Gasteiger partial charge in [-0.15, -0.1) is 0 Å². The fourth-order valence-corrected chi connectivity index (χ4v) is 14.6. The number of benzene rings is 8. The van der Waals surface area contributed by atoms with Gasteiger partial charge in [-0.1, -0.05) is 168 Å². The van der Waals surface area contributed by atoms with Gasteiger partial charge in [0.1, 0.15) is 43.7 Å².